The van der Waals surface area contributed by atoms with Gasteiger partial charge in [0.05, 0.1) is 0 Å². The Bertz CT molecular complexity index is 676. The van der Waals surface area contributed by atoms with Crippen molar-refractivity contribution >= 4 is 11.9 Å². The number of aryl methyl sites for hydroxylation is 1. The lowest BCUT2D eigenvalue weighted by Gasteiger charge is -2.27. The molecule has 128 valence electrons. The van der Waals surface area contributed by atoms with E-state index < -0.39 is 5.97 Å². The van der Waals surface area contributed by atoms with Gasteiger partial charge >= 0.3 is 5.97 Å². The zero-order valence-electron chi connectivity index (χ0n) is 14.0. The summed E-state index contributed by atoms with van der Waals surface area (Å²) in [6, 6.07) is 4.98. The predicted octanol–water partition coefficient (Wildman–Crippen LogP) is 3.31. The fourth-order valence-corrected chi connectivity index (χ4v) is 3.06. The van der Waals surface area contributed by atoms with Crippen LogP contribution < -0.4 is 0 Å². The number of benzene rings is 1. The number of esters is 1. The van der Waals surface area contributed by atoms with Crippen LogP contribution in [0.4, 0.5) is 0 Å². The Morgan fingerprint density at radius 1 is 1.29 bits per heavy atom. The molecule has 5 nitrogen and oxygen atoms in total. The van der Waals surface area contributed by atoms with Gasteiger partial charge in [-0.25, -0.2) is 4.79 Å². The second-order valence-corrected chi connectivity index (χ2v) is 6.53. The van der Waals surface area contributed by atoms with Crippen molar-refractivity contribution in [3.05, 3.63) is 41.1 Å². The van der Waals surface area contributed by atoms with Gasteiger partial charge in [0.25, 0.3) is 5.91 Å². The Hall–Kier alpha value is -2.30. The van der Waals surface area contributed by atoms with Gasteiger partial charge < -0.3 is 14.7 Å². The van der Waals surface area contributed by atoms with E-state index in [0.29, 0.717) is 0 Å². The third-order valence-corrected chi connectivity index (χ3v) is 4.46. The maximum Gasteiger partial charge on any atom is 0.342 e. The number of aromatic hydroxyl groups is 1. The molecule has 1 saturated carbocycles. The summed E-state index contributed by atoms with van der Waals surface area (Å²) in [6.45, 7) is 1.53. The molecule has 0 radical (unpaired) electrons. The molecule has 5 heteroatoms. The topological polar surface area (TPSA) is 66.8 Å². The van der Waals surface area contributed by atoms with E-state index in [1.807, 2.05) is 11.8 Å². The van der Waals surface area contributed by atoms with Crippen LogP contribution >= 0.6 is 0 Å². The van der Waals surface area contributed by atoms with Gasteiger partial charge in [-0.15, -0.1) is 0 Å². The van der Waals surface area contributed by atoms with Crippen LogP contribution in [0.2, 0.25) is 0 Å². The molecule has 0 aromatic heterocycles. The van der Waals surface area contributed by atoms with Gasteiger partial charge in [-0.3, -0.25) is 4.79 Å². The van der Waals surface area contributed by atoms with E-state index >= 15 is 0 Å². The van der Waals surface area contributed by atoms with Crippen molar-refractivity contribution in [2.75, 3.05) is 6.61 Å². The predicted molar refractivity (Wildman–Crippen MR) is 89.5 cm³/mol. The van der Waals surface area contributed by atoms with Crippen LogP contribution in [-0.4, -0.2) is 34.5 Å². The third-order valence-electron chi connectivity index (χ3n) is 4.46. The quantitative estimate of drug-likeness (QED) is 0.842. The van der Waals surface area contributed by atoms with E-state index in [4.69, 9.17) is 4.74 Å². The number of carbonyl (C=O) groups is 2. The molecule has 0 heterocycles. The zero-order valence-corrected chi connectivity index (χ0v) is 14.0. The molecule has 0 bridgehead atoms. The summed E-state index contributed by atoms with van der Waals surface area (Å²) in [5.41, 5.74) is 2.01. The van der Waals surface area contributed by atoms with E-state index in [-0.39, 0.29) is 29.9 Å². The van der Waals surface area contributed by atoms with Gasteiger partial charge in [-0.2, -0.15) is 0 Å². The van der Waals surface area contributed by atoms with Crippen molar-refractivity contribution in [2.45, 2.75) is 51.5 Å². The largest absolute Gasteiger partial charge is 0.507 e. The van der Waals surface area contributed by atoms with Crippen molar-refractivity contribution < 1.29 is 19.4 Å². The van der Waals surface area contributed by atoms with Crippen LogP contribution in [0.15, 0.2) is 30.0 Å². The minimum absolute atomic E-state index is 0.0950. The second kappa shape index (κ2) is 7.07. The SMILES string of the molecule is Cc1ccc(O)c(C(=O)OCC(=O)N(C2=CCCCC2)C2CC2)c1. The van der Waals surface area contributed by atoms with Crippen molar-refractivity contribution in [2.24, 2.45) is 0 Å². The van der Waals surface area contributed by atoms with Crippen molar-refractivity contribution in [3.63, 3.8) is 0 Å². The van der Waals surface area contributed by atoms with E-state index in [0.717, 1.165) is 49.8 Å². The van der Waals surface area contributed by atoms with Crippen LogP contribution in [0.5, 0.6) is 5.75 Å². The molecule has 3 rings (SSSR count). The van der Waals surface area contributed by atoms with Crippen molar-refractivity contribution in [1.82, 2.24) is 4.90 Å². The molecular weight excluding hydrogens is 306 g/mol. The first-order valence-corrected chi connectivity index (χ1v) is 8.54. The number of phenolic OH excluding ortho intramolecular Hbond substituents is 1. The van der Waals surface area contributed by atoms with Crippen molar-refractivity contribution in [1.29, 1.82) is 0 Å². The molecule has 1 fully saturated rings. The maximum atomic E-state index is 12.6. The number of allylic oxidation sites excluding steroid dienone is 2. The Morgan fingerprint density at radius 2 is 2.08 bits per heavy atom. The first-order valence-electron chi connectivity index (χ1n) is 8.54. The number of nitrogens with zero attached hydrogens (tertiary/aromatic N) is 1. The minimum Gasteiger partial charge on any atom is -0.507 e. The maximum absolute atomic E-state index is 12.6. The first-order chi connectivity index (χ1) is 11.6. The molecule has 0 atom stereocenters. The minimum atomic E-state index is -0.669. The standard InChI is InChI=1S/C19H23NO4/c1-13-7-10-17(21)16(11-13)19(23)24-12-18(22)20(15-8-9-15)14-5-3-2-4-6-14/h5,7,10-11,15,21H,2-4,6,8-9,12H2,1H3. The van der Waals surface area contributed by atoms with E-state index in [1.54, 1.807) is 12.1 Å². The normalized spacial score (nSPS) is 17.1. The Kier molecular flexibility index (Phi) is 4.88. The molecule has 1 aromatic rings. The first kappa shape index (κ1) is 16.6. The summed E-state index contributed by atoms with van der Waals surface area (Å²) in [5, 5.41) is 9.78. The summed E-state index contributed by atoms with van der Waals surface area (Å²) in [6.07, 6.45) is 8.33. The second-order valence-electron chi connectivity index (χ2n) is 6.53. The monoisotopic (exact) mass is 329 g/mol. The third kappa shape index (κ3) is 3.78. The number of rotatable bonds is 5. The lowest BCUT2D eigenvalue weighted by Crippen LogP contribution is -2.36. The number of amides is 1. The van der Waals surface area contributed by atoms with Crippen LogP contribution in [0.3, 0.4) is 0 Å². The van der Waals surface area contributed by atoms with Crippen LogP contribution in [0.1, 0.15) is 54.4 Å². The molecule has 2 aliphatic carbocycles. The van der Waals surface area contributed by atoms with Gasteiger partial charge in [-0.1, -0.05) is 17.7 Å². The van der Waals surface area contributed by atoms with Gasteiger partial charge in [-0.05, 0) is 57.6 Å². The summed E-state index contributed by atoms with van der Waals surface area (Å²) < 4.78 is 5.16. The van der Waals surface area contributed by atoms with Gasteiger partial charge in [0.2, 0.25) is 0 Å². The highest BCUT2D eigenvalue weighted by molar-refractivity contribution is 5.94. The molecular formula is C19H23NO4. The summed E-state index contributed by atoms with van der Waals surface area (Å²) >= 11 is 0. The Balaban J connectivity index is 1.64. The molecule has 1 amide bonds. The van der Waals surface area contributed by atoms with Gasteiger partial charge in [0, 0.05) is 11.7 Å². The van der Waals surface area contributed by atoms with Crippen LogP contribution in [-0.2, 0) is 9.53 Å². The lowest BCUT2D eigenvalue weighted by atomic mass is 10.0. The number of carbonyl (C=O) groups excluding carboxylic acids is 2. The van der Waals surface area contributed by atoms with Gasteiger partial charge in [0.1, 0.15) is 11.3 Å². The molecule has 0 aliphatic heterocycles. The fraction of sp³-hybridized carbons (Fsp3) is 0.474. The zero-order chi connectivity index (χ0) is 17.1. The average Bonchev–Trinajstić information content (AvgIpc) is 3.41. The molecule has 24 heavy (non-hydrogen) atoms. The number of phenols is 1. The highest BCUT2D eigenvalue weighted by atomic mass is 16.5. The number of hydrogen-bond donors (Lipinski definition) is 1. The molecule has 1 N–H and O–H groups in total. The van der Waals surface area contributed by atoms with Gasteiger partial charge in [0.15, 0.2) is 6.61 Å². The molecule has 0 spiro atoms. The fourth-order valence-electron chi connectivity index (χ4n) is 3.06. The van der Waals surface area contributed by atoms with Crippen LogP contribution in [0, 0.1) is 6.92 Å². The highest BCUT2D eigenvalue weighted by Gasteiger charge is 2.35. The summed E-state index contributed by atoms with van der Waals surface area (Å²) in [5.74, 6) is -0.976. The average molecular weight is 329 g/mol. The molecule has 1 aromatic carbocycles. The molecule has 2 aliphatic rings. The lowest BCUT2D eigenvalue weighted by molar-refractivity contribution is -0.133. The smallest absolute Gasteiger partial charge is 0.342 e. The molecule has 0 saturated heterocycles. The summed E-state index contributed by atoms with van der Waals surface area (Å²) in [4.78, 5) is 26.5. The van der Waals surface area contributed by atoms with Crippen molar-refractivity contribution in [3.8, 4) is 5.75 Å². The van der Waals surface area contributed by atoms with E-state index in [9.17, 15) is 14.7 Å². The van der Waals surface area contributed by atoms with Crippen LogP contribution in [0.25, 0.3) is 0 Å². The van der Waals surface area contributed by atoms with E-state index in [2.05, 4.69) is 6.08 Å². The molecule has 0 unspecified atom stereocenters. The number of ether oxygens (including phenoxy) is 1. The Morgan fingerprint density at radius 3 is 2.75 bits per heavy atom. The summed E-state index contributed by atoms with van der Waals surface area (Å²) in [7, 11) is 0. The van der Waals surface area contributed by atoms with E-state index in [1.165, 1.54) is 6.07 Å². The Labute approximate surface area is 141 Å². The number of hydrogen-bond acceptors (Lipinski definition) is 4. The highest BCUT2D eigenvalue weighted by Crippen LogP contribution is 2.33.